The average Bonchev–Trinajstić information content (AvgIpc) is 3.31. The Hall–Kier alpha value is -3.26. The number of nitrogens with one attached hydrogen (secondary N) is 2. The first-order valence-corrected chi connectivity index (χ1v) is 10.1. The van der Waals surface area contributed by atoms with Gasteiger partial charge in [0, 0.05) is 35.1 Å². The van der Waals surface area contributed by atoms with Gasteiger partial charge in [-0.25, -0.2) is 9.37 Å². The van der Waals surface area contributed by atoms with Crippen LogP contribution in [0.2, 0.25) is 0 Å². The predicted molar refractivity (Wildman–Crippen MR) is 111 cm³/mol. The van der Waals surface area contributed by atoms with E-state index in [1.165, 1.54) is 23.5 Å². The minimum atomic E-state index is -0.585. The lowest BCUT2D eigenvalue weighted by atomic mass is 10.1. The van der Waals surface area contributed by atoms with Crippen LogP contribution < -0.4 is 10.6 Å². The summed E-state index contributed by atoms with van der Waals surface area (Å²) in [6, 6.07) is 11.0. The zero-order chi connectivity index (χ0) is 20.4. The first kappa shape index (κ1) is 19.1. The molecule has 0 saturated heterocycles. The maximum atomic E-state index is 13.4. The van der Waals surface area contributed by atoms with Crippen LogP contribution >= 0.6 is 11.3 Å². The maximum absolute atomic E-state index is 13.4. The van der Waals surface area contributed by atoms with E-state index in [0.29, 0.717) is 29.3 Å². The van der Waals surface area contributed by atoms with Gasteiger partial charge in [-0.05, 0) is 48.4 Å². The van der Waals surface area contributed by atoms with Gasteiger partial charge >= 0.3 is 0 Å². The third kappa shape index (κ3) is 3.97. The Balaban J connectivity index is 1.51. The highest BCUT2D eigenvalue weighted by molar-refractivity contribution is 7.13. The summed E-state index contributed by atoms with van der Waals surface area (Å²) in [5.41, 5.74) is 2.79. The molecule has 0 aliphatic carbocycles. The number of aromatic nitrogens is 1. The van der Waals surface area contributed by atoms with Crippen LogP contribution in [0.3, 0.4) is 0 Å². The van der Waals surface area contributed by atoms with Crippen LogP contribution in [0.5, 0.6) is 0 Å². The summed E-state index contributed by atoms with van der Waals surface area (Å²) in [5.74, 6) is -0.741. The average molecular weight is 410 g/mol. The van der Waals surface area contributed by atoms with E-state index in [1.54, 1.807) is 40.7 Å². The van der Waals surface area contributed by atoms with E-state index < -0.39 is 6.04 Å². The molecule has 2 amide bonds. The number of halogens is 1. The molecule has 0 fully saturated rings. The minimum Gasteiger partial charge on any atom is -0.355 e. The van der Waals surface area contributed by atoms with Crippen molar-refractivity contribution >= 4 is 39.7 Å². The van der Waals surface area contributed by atoms with Gasteiger partial charge in [-0.2, -0.15) is 0 Å². The van der Waals surface area contributed by atoms with E-state index in [0.717, 1.165) is 11.3 Å². The molecule has 1 aromatic heterocycles. The minimum absolute atomic E-state index is 0.168. The largest absolute Gasteiger partial charge is 0.355 e. The topological polar surface area (TPSA) is 74.3 Å². The van der Waals surface area contributed by atoms with E-state index in [1.807, 2.05) is 13.0 Å². The first-order chi connectivity index (χ1) is 14.0. The number of amides is 2. The lowest BCUT2D eigenvalue weighted by Gasteiger charge is -2.25. The van der Waals surface area contributed by atoms with Crippen LogP contribution in [-0.2, 0) is 11.3 Å². The third-order valence-corrected chi connectivity index (χ3v) is 5.47. The summed E-state index contributed by atoms with van der Waals surface area (Å²) in [6.07, 6.45) is 2.11. The molecule has 1 aliphatic rings. The number of carbonyl (C=O) groups excluding carboxylic acids is 2. The van der Waals surface area contributed by atoms with E-state index in [4.69, 9.17) is 0 Å². The molecular weight excluding hydrogens is 391 g/mol. The highest BCUT2D eigenvalue weighted by Gasteiger charge is 2.35. The van der Waals surface area contributed by atoms with Crippen LogP contribution in [0.15, 0.2) is 54.0 Å². The van der Waals surface area contributed by atoms with Crippen LogP contribution in [0.1, 0.15) is 29.3 Å². The maximum Gasteiger partial charge on any atom is 0.255 e. The fourth-order valence-electron chi connectivity index (χ4n) is 3.43. The second-order valence-corrected chi connectivity index (χ2v) is 7.59. The van der Waals surface area contributed by atoms with Crippen molar-refractivity contribution in [2.24, 2.45) is 0 Å². The molecule has 0 saturated carbocycles. The second kappa shape index (κ2) is 8.00. The van der Waals surface area contributed by atoms with E-state index in [-0.39, 0.29) is 17.6 Å². The summed E-state index contributed by atoms with van der Waals surface area (Å²) in [7, 11) is 0. The van der Waals surface area contributed by atoms with Crippen LogP contribution in [0.4, 0.5) is 20.9 Å². The molecule has 6 nitrogen and oxygen atoms in total. The van der Waals surface area contributed by atoms with Crippen molar-refractivity contribution in [1.29, 1.82) is 0 Å². The Morgan fingerprint density at radius 3 is 2.83 bits per heavy atom. The fraction of sp³-hybridized carbons (Fsp3) is 0.190. The van der Waals surface area contributed by atoms with Gasteiger partial charge in [0.2, 0.25) is 5.91 Å². The molecule has 8 heteroatoms. The van der Waals surface area contributed by atoms with Crippen molar-refractivity contribution in [1.82, 2.24) is 9.88 Å². The van der Waals surface area contributed by atoms with Crippen molar-refractivity contribution in [2.45, 2.75) is 25.9 Å². The van der Waals surface area contributed by atoms with Gasteiger partial charge in [-0.15, -0.1) is 11.3 Å². The lowest BCUT2D eigenvalue weighted by Crippen LogP contribution is -2.43. The number of anilines is 3. The van der Waals surface area contributed by atoms with Gasteiger partial charge in [0.15, 0.2) is 5.13 Å². The standard InChI is InChI=1S/C21H19FN4O2S/c1-2-18(19(27)25-21-23-8-9-29-21)26-12-13-10-16(6-7-17(13)20(26)28)24-15-5-3-4-14(22)11-15/h3-11,18,24H,2,12H2,1H3,(H,23,25,27)/t18-/m1/s1. The Morgan fingerprint density at radius 1 is 1.28 bits per heavy atom. The molecule has 0 radical (unpaired) electrons. The van der Waals surface area contributed by atoms with Gasteiger partial charge in [0.1, 0.15) is 11.9 Å². The number of thiazole rings is 1. The van der Waals surface area contributed by atoms with Crippen molar-refractivity contribution in [3.05, 3.63) is 71.0 Å². The number of carbonyl (C=O) groups is 2. The number of hydrogen-bond acceptors (Lipinski definition) is 5. The van der Waals surface area contributed by atoms with E-state index in [9.17, 15) is 14.0 Å². The molecule has 148 valence electrons. The van der Waals surface area contributed by atoms with E-state index >= 15 is 0 Å². The second-order valence-electron chi connectivity index (χ2n) is 6.69. The number of hydrogen-bond donors (Lipinski definition) is 2. The summed E-state index contributed by atoms with van der Waals surface area (Å²) in [6.45, 7) is 2.22. The van der Waals surface area contributed by atoms with Crippen LogP contribution in [-0.4, -0.2) is 27.7 Å². The van der Waals surface area contributed by atoms with Gasteiger partial charge in [-0.1, -0.05) is 13.0 Å². The van der Waals surface area contributed by atoms with Crippen molar-refractivity contribution < 1.29 is 14.0 Å². The number of nitrogens with zero attached hydrogens (tertiary/aromatic N) is 2. The molecule has 1 aliphatic heterocycles. The molecule has 2 heterocycles. The van der Waals surface area contributed by atoms with E-state index in [2.05, 4.69) is 15.6 Å². The van der Waals surface area contributed by atoms with Gasteiger partial charge in [-0.3, -0.25) is 9.59 Å². The molecule has 4 rings (SSSR count). The normalized spacial score (nSPS) is 13.9. The number of rotatable bonds is 6. The van der Waals surface area contributed by atoms with Crippen LogP contribution in [0.25, 0.3) is 0 Å². The van der Waals surface area contributed by atoms with Crippen molar-refractivity contribution in [3.8, 4) is 0 Å². The van der Waals surface area contributed by atoms with Crippen LogP contribution in [0, 0.1) is 5.82 Å². The van der Waals surface area contributed by atoms with Crippen molar-refractivity contribution in [2.75, 3.05) is 10.6 Å². The summed E-state index contributed by atoms with van der Waals surface area (Å²) < 4.78 is 13.4. The monoisotopic (exact) mass is 410 g/mol. The molecule has 0 bridgehead atoms. The predicted octanol–water partition coefficient (Wildman–Crippen LogP) is 4.40. The molecule has 2 aromatic carbocycles. The SMILES string of the molecule is CC[C@H](C(=O)Nc1nccs1)N1Cc2cc(Nc3cccc(F)c3)ccc2C1=O. The molecule has 0 spiro atoms. The molecule has 29 heavy (non-hydrogen) atoms. The Morgan fingerprint density at radius 2 is 2.10 bits per heavy atom. The number of benzene rings is 2. The first-order valence-electron chi connectivity index (χ1n) is 9.22. The molecule has 3 aromatic rings. The molecule has 1 atom stereocenters. The zero-order valence-corrected chi connectivity index (χ0v) is 16.5. The lowest BCUT2D eigenvalue weighted by molar-refractivity contribution is -0.120. The fourth-order valence-corrected chi connectivity index (χ4v) is 3.96. The van der Waals surface area contributed by atoms with Gasteiger partial charge in [0.25, 0.3) is 5.91 Å². The summed E-state index contributed by atoms with van der Waals surface area (Å²) >= 11 is 1.33. The quantitative estimate of drug-likeness (QED) is 0.632. The summed E-state index contributed by atoms with van der Waals surface area (Å²) in [5, 5.41) is 8.21. The Labute approximate surface area is 171 Å². The van der Waals surface area contributed by atoms with Gasteiger partial charge in [0.05, 0.1) is 0 Å². The number of fused-ring (bicyclic) bond motifs is 1. The Bertz CT molecular complexity index is 1050. The smallest absolute Gasteiger partial charge is 0.255 e. The summed E-state index contributed by atoms with van der Waals surface area (Å²) in [4.78, 5) is 31.2. The highest BCUT2D eigenvalue weighted by atomic mass is 32.1. The van der Waals surface area contributed by atoms with Gasteiger partial charge < -0.3 is 15.5 Å². The highest BCUT2D eigenvalue weighted by Crippen LogP contribution is 2.30. The molecule has 0 unspecified atom stereocenters. The zero-order valence-electron chi connectivity index (χ0n) is 15.7. The third-order valence-electron chi connectivity index (χ3n) is 4.78. The Kier molecular flexibility index (Phi) is 5.26. The molecule has 2 N–H and O–H groups in total. The molecular formula is C21H19FN4O2S. The van der Waals surface area contributed by atoms with Crippen molar-refractivity contribution in [3.63, 3.8) is 0 Å².